The minimum atomic E-state index is -5.30. The third kappa shape index (κ3) is 11.2. The highest BCUT2D eigenvalue weighted by atomic mass is 19.4. The lowest BCUT2D eigenvalue weighted by Crippen LogP contribution is -2.70. The molecule has 1 saturated carbocycles. The number of nitrogens with zero attached hydrogens (tertiary/aromatic N) is 1. The van der Waals surface area contributed by atoms with Crippen molar-refractivity contribution in [3.05, 3.63) is 12.0 Å². The van der Waals surface area contributed by atoms with Gasteiger partial charge in [0.25, 0.3) is 5.95 Å². The van der Waals surface area contributed by atoms with E-state index in [1.807, 2.05) is 0 Å². The van der Waals surface area contributed by atoms with Crippen molar-refractivity contribution in [1.29, 1.82) is 0 Å². The van der Waals surface area contributed by atoms with Crippen molar-refractivity contribution < 1.29 is 71.3 Å². The first-order valence-electron chi connectivity index (χ1n) is 16.2. The molecule has 19 heteroatoms. The van der Waals surface area contributed by atoms with Gasteiger partial charge in [0.1, 0.15) is 41.2 Å². The maximum absolute atomic E-state index is 13.3. The molecule has 0 aromatic carbocycles. The Bertz CT molecular complexity index is 1240. The Morgan fingerprint density at radius 1 is 1.04 bits per heavy atom. The van der Waals surface area contributed by atoms with Crippen LogP contribution in [-0.4, -0.2) is 136 Å². The summed E-state index contributed by atoms with van der Waals surface area (Å²) >= 11 is 0. The van der Waals surface area contributed by atoms with Gasteiger partial charge in [-0.2, -0.15) is 13.2 Å². The third-order valence-electron chi connectivity index (χ3n) is 7.98. The molecule has 1 aliphatic carbocycles. The zero-order chi connectivity index (χ0) is 38.0. The van der Waals surface area contributed by atoms with Gasteiger partial charge in [0.15, 0.2) is 12.4 Å². The highest BCUT2D eigenvalue weighted by molar-refractivity contribution is 5.82. The minimum absolute atomic E-state index is 0.0427. The predicted octanol–water partition coefficient (Wildman–Crippen LogP) is 1.14. The van der Waals surface area contributed by atoms with Crippen LogP contribution in [0, 0.1) is 0 Å². The Kier molecular flexibility index (Phi) is 12.9. The summed E-state index contributed by atoms with van der Waals surface area (Å²) in [6.07, 6.45) is -13.1. The number of alkyl carbamates (subject to hydrolysis) is 2. The van der Waals surface area contributed by atoms with Crippen LogP contribution in [0.3, 0.4) is 0 Å². The lowest BCUT2D eigenvalue weighted by Gasteiger charge is -2.50. The van der Waals surface area contributed by atoms with Crippen molar-refractivity contribution in [1.82, 2.24) is 15.5 Å². The van der Waals surface area contributed by atoms with Gasteiger partial charge in [-0.1, -0.05) is 0 Å². The molecule has 288 valence electrons. The Morgan fingerprint density at radius 2 is 1.64 bits per heavy atom. The van der Waals surface area contributed by atoms with E-state index in [-0.39, 0.29) is 23.8 Å². The van der Waals surface area contributed by atoms with E-state index in [0.29, 0.717) is 12.8 Å². The van der Waals surface area contributed by atoms with E-state index < -0.39 is 103 Å². The summed E-state index contributed by atoms with van der Waals surface area (Å²) in [5.74, 6) is -2.36. The lowest BCUT2D eigenvalue weighted by molar-refractivity contribution is -0.308. The minimum Gasteiger partial charge on any atom is -0.460 e. The Hall–Kier alpha value is -3.10. The molecule has 0 spiro atoms. The number of rotatable bonds is 8. The fourth-order valence-electron chi connectivity index (χ4n) is 5.90. The number of hydrogen-bond donors (Lipinski definition) is 6. The summed E-state index contributed by atoms with van der Waals surface area (Å²) in [4.78, 5) is 37.1. The summed E-state index contributed by atoms with van der Waals surface area (Å²) in [6.45, 7) is 10.6. The summed E-state index contributed by atoms with van der Waals surface area (Å²) in [5, 5.41) is 38.7. The molecule has 50 heavy (non-hydrogen) atoms. The summed E-state index contributed by atoms with van der Waals surface area (Å²) in [6, 6.07) is -3.92. The first-order chi connectivity index (χ1) is 22.8. The number of aliphatic hydroxyl groups is 3. The van der Waals surface area contributed by atoms with Crippen LogP contribution in [0.15, 0.2) is 12.0 Å². The maximum Gasteiger partial charge on any atom is 0.471 e. The molecule has 2 fully saturated rings. The first-order valence-corrected chi connectivity index (χ1v) is 16.2. The monoisotopic (exact) mass is 728 g/mol. The number of nitrogens with one attached hydrogen (secondary N) is 2. The summed E-state index contributed by atoms with van der Waals surface area (Å²) in [7, 11) is 0.771. The van der Waals surface area contributed by atoms with E-state index in [1.165, 1.54) is 0 Å². The van der Waals surface area contributed by atoms with Crippen LogP contribution in [0.2, 0.25) is 0 Å². The average Bonchev–Trinajstić information content (AvgIpc) is 2.94. The number of likely N-dealkylation sites (N-methyl/N-ethyl adjacent to an activating group) is 1. The number of allylic oxidation sites excluding steroid dienone is 1. The molecule has 0 bridgehead atoms. The largest absolute Gasteiger partial charge is 0.471 e. The number of aliphatic hydroxyl groups excluding tert-OH is 2. The summed E-state index contributed by atoms with van der Waals surface area (Å²) < 4.78 is 73.7. The van der Waals surface area contributed by atoms with Crippen LogP contribution >= 0.6 is 0 Å². The van der Waals surface area contributed by atoms with Crippen LogP contribution in [0.5, 0.6) is 0 Å². The number of halogens is 3. The van der Waals surface area contributed by atoms with Gasteiger partial charge in [0.05, 0.1) is 25.2 Å². The quantitative estimate of drug-likeness (QED) is 0.207. The third-order valence-corrected chi connectivity index (χ3v) is 7.98. The van der Waals surface area contributed by atoms with Crippen molar-refractivity contribution in [3.63, 3.8) is 0 Å². The van der Waals surface area contributed by atoms with Crippen LogP contribution in [0.25, 0.3) is 0 Å². The molecular formula is C31H51F3N4O12. The molecule has 16 nitrogen and oxygen atoms in total. The van der Waals surface area contributed by atoms with Crippen molar-refractivity contribution in [3.8, 4) is 0 Å². The normalized spacial score (nSPS) is 33.7. The van der Waals surface area contributed by atoms with E-state index in [1.54, 1.807) is 47.6 Å². The standard InChI is InChI=1S/C31H51F3N4O12/c1-28(2,3)49-26(42)36-13-15-10-9-11-18(46-15)47-22-17(37-27(43)50-29(4,5)6)12-16(35)21(19(22)39)48-24-20(40)23(30(7,44)14-45-24)38(8)25(41)31(32,33)34/h11,15-17,19-24,39-40,44H,9-10,12-14,35H2,1-8H3,(H,36,42)(H,37,43)/t15-,16+,17-,19?,20?,21?,22?,23+,24+,30?/m0/s1. The van der Waals surface area contributed by atoms with Gasteiger partial charge >= 0.3 is 24.3 Å². The Morgan fingerprint density at radius 3 is 2.22 bits per heavy atom. The van der Waals surface area contributed by atoms with Gasteiger partial charge in [0, 0.05) is 13.1 Å². The van der Waals surface area contributed by atoms with E-state index in [4.69, 9.17) is 34.2 Å². The lowest BCUT2D eigenvalue weighted by atomic mass is 9.83. The second-order valence-corrected chi connectivity index (χ2v) is 14.9. The average molecular weight is 729 g/mol. The molecule has 7 N–H and O–H groups in total. The fraction of sp³-hybridized carbons (Fsp3) is 0.839. The predicted molar refractivity (Wildman–Crippen MR) is 167 cm³/mol. The van der Waals surface area contributed by atoms with Crippen molar-refractivity contribution in [2.75, 3.05) is 20.2 Å². The summed E-state index contributed by atoms with van der Waals surface area (Å²) in [5.41, 5.74) is 2.65. The number of ether oxygens (including phenoxy) is 6. The molecule has 0 aromatic rings. The van der Waals surface area contributed by atoms with Crippen molar-refractivity contribution in [2.45, 2.75) is 146 Å². The number of hydrogen-bond acceptors (Lipinski definition) is 13. The number of carbonyl (C=O) groups excluding carboxylic acids is 3. The molecule has 3 aliphatic rings. The topological polar surface area (TPSA) is 221 Å². The van der Waals surface area contributed by atoms with Gasteiger partial charge < -0.3 is 65.0 Å². The fourth-order valence-corrected chi connectivity index (χ4v) is 5.90. The smallest absolute Gasteiger partial charge is 0.460 e. The first kappa shape index (κ1) is 41.3. The van der Waals surface area contributed by atoms with Crippen molar-refractivity contribution in [2.24, 2.45) is 5.73 Å². The SMILES string of the molecule is CN(C(=O)C(F)(F)F)[C@@H]1C(O)[C@@H](OC2C(O)C(OC3=CCC[C@@H](CNC(=O)OC(C)(C)C)O3)[C@@H](NC(=O)OC(C)(C)C)C[C@H]2N)OCC1(C)O. The molecule has 10 atom stereocenters. The van der Waals surface area contributed by atoms with Crippen LogP contribution < -0.4 is 16.4 Å². The van der Waals surface area contributed by atoms with Gasteiger partial charge in [-0.05, 0) is 73.8 Å². The van der Waals surface area contributed by atoms with E-state index in [2.05, 4.69) is 10.6 Å². The number of amides is 3. The van der Waals surface area contributed by atoms with E-state index >= 15 is 0 Å². The molecule has 5 unspecified atom stereocenters. The van der Waals surface area contributed by atoms with Crippen LogP contribution in [0.4, 0.5) is 22.8 Å². The molecule has 1 saturated heterocycles. The number of alkyl halides is 3. The molecular weight excluding hydrogens is 677 g/mol. The maximum atomic E-state index is 13.3. The van der Waals surface area contributed by atoms with Crippen molar-refractivity contribution >= 4 is 18.1 Å². The molecule has 0 aromatic heterocycles. The zero-order valence-electron chi connectivity index (χ0n) is 29.5. The molecule has 2 heterocycles. The molecule has 3 amide bonds. The highest BCUT2D eigenvalue weighted by Crippen LogP contribution is 2.35. The van der Waals surface area contributed by atoms with Crippen LogP contribution in [-0.2, 0) is 33.2 Å². The zero-order valence-corrected chi connectivity index (χ0v) is 29.5. The highest BCUT2D eigenvalue weighted by Gasteiger charge is 2.56. The number of nitrogens with two attached hydrogens (primary N) is 1. The molecule has 3 rings (SSSR count). The second kappa shape index (κ2) is 15.6. The second-order valence-electron chi connectivity index (χ2n) is 14.9. The Balaban J connectivity index is 1.81. The number of carbonyl (C=O) groups is 3. The molecule has 2 aliphatic heterocycles. The molecule has 0 radical (unpaired) electrons. The van der Waals surface area contributed by atoms with Gasteiger partial charge in [-0.15, -0.1) is 0 Å². The van der Waals surface area contributed by atoms with E-state index in [0.717, 1.165) is 14.0 Å². The van der Waals surface area contributed by atoms with Gasteiger partial charge in [0.2, 0.25) is 0 Å². The van der Waals surface area contributed by atoms with Crippen LogP contribution in [0.1, 0.15) is 67.7 Å². The van der Waals surface area contributed by atoms with E-state index in [9.17, 15) is 42.9 Å². The Labute approximate surface area is 288 Å². The van der Waals surface area contributed by atoms with Gasteiger partial charge in [-0.25, -0.2) is 9.59 Å². The van der Waals surface area contributed by atoms with Gasteiger partial charge in [-0.3, -0.25) is 4.79 Å².